The first-order valence-electron chi connectivity index (χ1n) is 6.90. The van der Waals surface area contributed by atoms with Gasteiger partial charge in [-0.2, -0.15) is 0 Å². The van der Waals surface area contributed by atoms with Crippen molar-refractivity contribution in [1.82, 2.24) is 15.3 Å². The molecule has 1 aromatic carbocycles. The SMILES string of the molecule is Fc1ccc(Nc2ncnc3[se]c4c(c23)CCNC4)cc1Cl. The molecule has 0 aliphatic carbocycles. The van der Waals surface area contributed by atoms with E-state index in [9.17, 15) is 4.39 Å². The number of fused-ring (bicyclic) bond motifs is 3. The average Bonchev–Trinajstić information content (AvgIpc) is 2.90. The molecule has 3 aromatic rings. The molecule has 0 amide bonds. The van der Waals surface area contributed by atoms with Crippen molar-refractivity contribution >= 4 is 47.4 Å². The summed E-state index contributed by atoms with van der Waals surface area (Å²) in [6.07, 6.45) is 2.58. The molecule has 2 aromatic heterocycles. The van der Waals surface area contributed by atoms with Gasteiger partial charge in [-0.1, -0.05) is 0 Å². The second-order valence-electron chi connectivity index (χ2n) is 5.09. The molecule has 0 spiro atoms. The minimum absolute atomic E-state index is 0.0988. The molecular formula is C15H12ClFN4Se. The average molecular weight is 382 g/mol. The molecule has 0 saturated heterocycles. The standard InChI is InChI=1S/C15H12ClFN4Se/c16-10-5-8(1-2-11(10)17)21-14-13-9-3-4-18-6-12(9)22-15(13)20-7-19-14/h1-2,5,7,18H,3-4,6H2,(H,19,20,21). The van der Waals surface area contributed by atoms with E-state index in [1.54, 1.807) is 18.5 Å². The number of nitrogens with zero attached hydrogens (tertiary/aromatic N) is 2. The Bertz CT molecular complexity index is 864. The number of hydrogen-bond donors (Lipinski definition) is 2. The molecule has 1 aliphatic heterocycles. The predicted molar refractivity (Wildman–Crippen MR) is 86.6 cm³/mol. The van der Waals surface area contributed by atoms with E-state index in [2.05, 4.69) is 20.6 Å². The zero-order valence-corrected chi connectivity index (χ0v) is 14.0. The topological polar surface area (TPSA) is 49.8 Å². The summed E-state index contributed by atoms with van der Waals surface area (Å²) in [5.41, 5.74) is 2.09. The normalized spacial score (nSPS) is 14.1. The van der Waals surface area contributed by atoms with Crippen LogP contribution in [0, 0.1) is 5.82 Å². The molecule has 7 heteroatoms. The Morgan fingerprint density at radius 2 is 2.23 bits per heavy atom. The number of hydrogen-bond acceptors (Lipinski definition) is 4. The molecule has 0 bridgehead atoms. The van der Waals surface area contributed by atoms with E-state index >= 15 is 0 Å². The molecule has 3 heterocycles. The van der Waals surface area contributed by atoms with Crippen LogP contribution < -0.4 is 10.6 Å². The van der Waals surface area contributed by atoms with E-state index in [-0.39, 0.29) is 19.5 Å². The molecule has 0 radical (unpaired) electrons. The van der Waals surface area contributed by atoms with Crippen LogP contribution in [0.5, 0.6) is 0 Å². The maximum atomic E-state index is 13.3. The Balaban J connectivity index is 1.81. The van der Waals surface area contributed by atoms with Crippen molar-refractivity contribution in [3.63, 3.8) is 0 Å². The van der Waals surface area contributed by atoms with Crippen LogP contribution in [0.4, 0.5) is 15.9 Å². The number of halogens is 2. The number of aromatic nitrogens is 2. The summed E-state index contributed by atoms with van der Waals surface area (Å²) >= 11 is 6.11. The molecule has 0 unspecified atom stereocenters. The van der Waals surface area contributed by atoms with Crippen LogP contribution in [-0.4, -0.2) is 31.0 Å². The van der Waals surface area contributed by atoms with Crippen molar-refractivity contribution in [1.29, 1.82) is 0 Å². The van der Waals surface area contributed by atoms with Gasteiger partial charge in [0.15, 0.2) is 0 Å². The Labute approximate surface area is 137 Å². The Morgan fingerprint density at radius 3 is 3.09 bits per heavy atom. The van der Waals surface area contributed by atoms with Gasteiger partial charge in [-0.05, 0) is 0 Å². The quantitative estimate of drug-likeness (QED) is 0.670. The molecule has 0 atom stereocenters. The predicted octanol–water partition coefficient (Wildman–Crippen LogP) is 2.87. The fourth-order valence-electron chi connectivity index (χ4n) is 2.66. The second kappa shape index (κ2) is 5.63. The maximum absolute atomic E-state index is 13.3. The molecule has 0 saturated carbocycles. The van der Waals surface area contributed by atoms with E-state index < -0.39 is 5.82 Å². The van der Waals surface area contributed by atoms with E-state index in [1.807, 2.05) is 0 Å². The van der Waals surface area contributed by atoms with Crippen molar-refractivity contribution in [2.75, 3.05) is 11.9 Å². The molecule has 1 aliphatic rings. The molecule has 0 fully saturated rings. The third-order valence-corrected chi connectivity index (χ3v) is 6.37. The van der Waals surface area contributed by atoms with E-state index in [1.165, 1.54) is 16.1 Å². The van der Waals surface area contributed by atoms with Crippen molar-refractivity contribution in [2.45, 2.75) is 13.0 Å². The van der Waals surface area contributed by atoms with Gasteiger partial charge in [0.05, 0.1) is 0 Å². The van der Waals surface area contributed by atoms with Crippen molar-refractivity contribution in [3.05, 3.63) is 45.4 Å². The summed E-state index contributed by atoms with van der Waals surface area (Å²) < 4.78 is 15.9. The van der Waals surface area contributed by atoms with E-state index in [4.69, 9.17) is 11.6 Å². The first-order chi connectivity index (χ1) is 10.7. The summed E-state index contributed by atoms with van der Waals surface area (Å²) in [5, 5.41) is 7.89. The van der Waals surface area contributed by atoms with Gasteiger partial charge >= 0.3 is 137 Å². The van der Waals surface area contributed by atoms with Gasteiger partial charge in [-0.3, -0.25) is 0 Å². The fourth-order valence-corrected chi connectivity index (χ4v) is 5.27. The molecule has 22 heavy (non-hydrogen) atoms. The van der Waals surface area contributed by atoms with Crippen molar-refractivity contribution in [2.24, 2.45) is 0 Å². The first-order valence-corrected chi connectivity index (χ1v) is 8.99. The fraction of sp³-hybridized carbons (Fsp3) is 0.200. The summed E-state index contributed by atoms with van der Waals surface area (Å²) in [4.78, 5) is 8.82. The Hall–Kier alpha value is -1.46. The second-order valence-corrected chi connectivity index (χ2v) is 7.77. The van der Waals surface area contributed by atoms with Gasteiger partial charge in [0.25, 0.3) is 0 Å². The number of anilines is 2. The number of benzene rings is 1. The third-order valence-electron chi connectivity index (χ3n) is 3.69. The molecule has 2 N–H and O–H groups in total. The summed E-state index contributed by atoms with van der Waals surface area (Å²) in [7, 11) is 0. The molecule has 4 rings (SSSR count). The van der Waals surface area contributed by atoms with Crippen molar-refractivity contribution < 1.29 is 4.39 Å². The monoisotopic (exact) mass is 382 g/mol. The van der Waals surface area contributed by atoms with Crippen LogP contribution in [0.1, 0.15) is 10.0 Å². The van der Waals surface area contributed by atoms with Crippen LogP contribution in [0.15, 0.2) is 24.5 Å². The van der Waals surface area contributed by atoms with E-state index in [0.29, 0.717) is 0 Å². The van der Waals surface area contributed by atoms with Gasteiger partial charge in [0, 0.05) is 0 Å². The summed E-state index contributed by atoms with van der Waals surface area (Å²) in [5.74, 6) is 0.355. The van der Waals surface area contributed by atoms with Crippen LogP contribution >= 0.6 is 11.6 Å². The zero-order chi connectivity index (χ0) is 15.1. The summed E-state index contributed by atoms with van der Waals surface area (Å²) in [6, 6.07) is 4.59. The molecule has 4 nitrogen and oxygen atoms in total. The van der Waals surface area contributed by atoms with Crippen molar-refractivity contribution in [3.8, 4) is 0 Å². The number of rotatable bonds is 2. The van der Waals surface area contributed by atoms with Crippen LogP contribution in [-0.2, 0) is 13.0 Å². The Kier molecular flexibility index (Phi) is 3.62. The van der Waals surface area contributed by atoms with Crippen LogP contribution in [0.25, 0.3) is 9.78 Å². The summed E-state index contributed by atoms with van der Waals surface area (Å²) in [6.45, 7) is 1.92. The third kappa shape index (κ3) is 2.42. The van der Waals surface area contributed by atoms with Gasteiger partial charge in [0.2, 0.25) is 0 Å². The van der Waals surface area contributed by atoms with Gasteiger partial charge < -0.3 is 0 Å². The van der Waals surface area contributed by atoms with Crippen LogP contribution in [0.3, 0.4) is 0 Å². The van der Waals surface area contributed by atoms with Gasteiger partial charge in [-0.15, -0.1) is 0 Å². The minimum atomic E-state index is -0.424. The molecule has 112 valence electrons. The van der Waals surface area contributed by atoms with E-state index in [0.717, 1.165) is 40.8 Å². The first kappa shape index (κ1) is 14.2. The zero-order valence-electron chi connectivity index (χ0n) is 11.5. The van der Waals surface area contributed by atoms with Crippen LogP contribution in [0.2, 0.25) is 5.02 Å². The Morgan fingerprint density at radius 1 is 1.32 bits per heavy atom. The number of nitrogens with one attached hydrogen (secondary N) is 2. The van der Waals surface area contributed by atoms with Gasteiger partial charge in [0.1, 0.15) is 0 Å². The molecular weight excluding hydrogens is 370 g/mol. The van der Waals surface area contributed by atoms with Gasteiger partial charge in [-0.25, -0.2) is 0 Å².